The molecule has 0 aromatic carbocycles. The van der Waals surface area contributed by atoms with E-state index in [1.807, 2.05) is 0 Å². The first kappa shape index (κ1) is 11.6. The Hall–Kier alpha value is -0.123. The number of nitrogens with one attached hydrogen (secondary N) is 1. The minimum atomic E-state index is -0.812. The Kier molecular flexibility index (Phi) is 20.3. The third-order valence-corrected chi connectivity index (χ3v) is 0.887. The van der Waals surface area contributed by atoms with Crippen LogP contribution in [-0.2, 0) is 0 Å². The van der Waals surface area contributed by atoms with Crippen LogP contribution in [0.25, 0.3) is 0 Å². The molecule has 0 rings (SSSR count). The van der Waals surface area contributed by atoms with Crippen molar-refractivity contribution in [3.63, 3.8) is 0 Å². The molecular formula is C6H17NOSi. The molecule has 0 aliphatic carbocycles. The van der Waals surface area contributed by atoms with Gasteiger partial charge in [-0.2, -0.15) is 0 Å². The largest absolute Gasteiger partial charge is 0.434 e. The number of rotatable bonds is 3. The molecule has 0 saturated carbocycles. The zero-order valence-electron chi connectivity index (χ0n) is 6.35. The van der Waals surface area contributed by atoms with Crippen LogP contribution in [0, 0.1) is 0 Å². The standard InChI is InChI=1S/C4H11N.C2H6OSi/c1-3-5-4-2;1-2-4-3/h5H,3-4H2,1-2H3;2-3H,1,4H2. The number of hydrogen-bond acceptors (Lipinski definition) is 2. The predicted octanol–water partition coefficient (Wildman–Crippen LogP) is -0.178. The van der Waals surface area contributed by atoms with Crippen LogP contribution in [0.3, 0.4) is 0 Å². The average Bonchev–Trinajstić information content (AvgIpc) is 1.91. The van der Waals surface area contributed by atoms with Gasteiger partial charge in [0.15, 0.2) is 9.76 Å². The molecule has 2 nitrogen and oxygen atoms in total. The lowest BCUT2D eigenvalue weighted by molar-refractivity contribution is 0.614. The molecule has 9 heavy (non-hydrogen) atoms. The molecule has 0 radical (unpaired) electrons. The summed E-state index contributed by atoms with van der Waals surface area (Å²) in [5.74, 6) is 0. The Balaban J connectivity index is 0. The fourth-order valence-electron chi connectivity index (χ4n) is 0.250. The van der Waals surface area contributed by atoms with Crippen LogP contribution >= 0.6 is 0 Å². The van der Waals surface area contributed by atoms with Crippen LogP contribution in [0.2, 0.25) is 0 Å². The van der Waals surface area contributed by atoms with Gasteiger partial charge < -0.3 is 10.1 Å². The highest BCUT2D eigenvalue weighted by Gasteiger charge is 1.62. The molecule has 0 aliphatic rings. The van der Waals surface area contributed by atoms with Crippen molar-refractivity contribution >= 4 is 9.76 Å². The Morgan fingerprint density at radius 3 is 1.89 bits per heavy atom. The topological polar surface area (TPSA) is 32.3 Å². The van der Waals surface area contributed by atoms with Crippen molar-refractivity contribution in [2.45, 2.75) is 13.8 Å². The van der Waals surface area contributed by atoms with Gasteiger partial charge in [0.25, 0.3) is 0 Å². The van der Waals surface area contributed by atoms with Crippen molar-refractivity contribution in [2.75, 3.05) is 13.1 Å². The second-order valence-electron chi connectivity index (χ2n) is 1.43. The van der Waals surface area contributed by atoms with Gasteiger partial charge in [-0.3, -0.25) is 0 Å². The van der Waals surface area contributed by atoms with E-state index in [4.69, 9.17) is 4.80 Å². The molecule has 0 atom stereocenters. The summed E-state index contributed by atoms with van der Waals surface area (Å²) in [5.41, 5.74) is 1.57. The average molecular weight is 147 g/mol. The third kappa shape index (κ3) is 32.9. The molecular weight excluding hydrogens is 130 g/mol. The van der Waals surface area contributed by atoms with Crippen LogP contribution in [0.4, 0.5) is 0 Å². The van der Waals surface area contributed by atoms with Gasteiger partial charge in [-0.25, -0.2) is 0 Å². The Labute approximate surface area is 59.9 Å². The van der Waals surface area contributed by atoms with Crippen molar-refractivity contribution < 1.29 is 4.80 Å². The Bertz CT molecular complexity index is 48.3. The van der Waals surface area contributed by atoms with Crippen LogP contribution in [-0.4, -0.2) is 27.6 Å². The molecule has 0 aromatic heterocycles. The zero-order valence-corrected chi connectivity index (χ0v) is 7.77. The molecule has 0 fully saturated rings. The van der Waals surface area contributed by atoms with Crippen molar-refractivity contribution in [1.29, 1.82) is 0 Å². The van der Waals surface area contributed by atoms with E-state index >= 15 is 0 Å². The highest BCUT2D eigenvalue weighted by molar-refractivity contribution is 6.32. The summed E-state index contributed by atoms with van der Waals surface area (Å²) in [6.07, 6.45) is 0. The summed E-state index contributed by atoms with van der Waals surface area (Å²) in [6, 6.07) is 0. The minimum absolute atomic E-state index is 0.812. The lowest BCUT2D eigenvalue weighted by atomic mass is 10.7. The smallest absolute Gasteiger partial charge is 0.180 e. The zero-order chi connectivity index (χ0) is 7.54. The monoisotopic (exact) mass is 147 g/mol. The van der Waals surface area contributed by atoms with Crippen LogP contribution in [0.15, 0.2) is 12.3 Å². The summed E-state index contributed by atoms with van der Waals surface area (Å²) in [6.45, 7) is 9.68. The van der Waals surface area contributed by atoms with E-state index in [9.17, 15) is 0 Å². The highest BCUT2D eigenvalue weighted by atomic mass is 28.2. The maximum atomic E-state index is 7.90. The van der Waals surface area contributed by atoms with Gasteiger partial charge in [-0.1, -0.05) is 19.5 Å². The van der Waals surface area contributed by atoms with Crippen molar-refractivity contribution in [2.24, 2.45) is 0 Å². The summed E-state index contributed by atoms with van der Waals surface area (Å²) in [7, 11) is -0.812. The van der Waals surface area contributed by atoms with Crippen LogP contribution in [0.1, 0.15) is 13.8 Å². The summed E-state index contributed by atoms with van der Waals surface area (Å²) >= 11 is 0. The molecule has 0 unspecified atom stereocenters. The quantitative estimate of drug-likeness (QED) is 0.543. The first-order valence-corrected chi connectivity index (χ1v) is 4.70. The van der Waals surface area contributed by atoms with Gasteiger partial charge in [0, 0.05) is 0 Å². The van der Waals surface area contributed by atoms with E-state index in [1.165, 1.54) is 0 Å². The third-order valence-electron chi connectivity index (χ3n) is 0.629. The molecule has 0 amide bonds. The van der Waals surface area contributed by atoms with Gasteiger partial charge in [0.2, 0.25) is 0 Å². The summed E-state index contributed by atoms with van der Waals surface area (Å²) in [5, 5.41) is 3.11. The molecule has 3 heteroatoms. The van der Waals surface area contributed by atoms with Gasteiger partial charge in [-0.15, -0.1) is 6.58 Å². The maximum absolute atomic E-state index is 7.90. The van der Waals surface area contributed by atoms with E-state index in [0.29, 0.717) is 0 Å². The molecule has 0 spiro atoms. The van der Waals surface area contributed by atoms with E-state index in [0.717, 1.165) is 13.1 Å². The lowest BCUT2D eigenvalue weighted by Gasteiger charge is -1.86. The minimum Gasteiger partial charge on any atom is -0.434 e. The summed E-state index contributed by atoms with van der Waals surface area (Å²) < 4.78 is 0. The van der Waals surface area contributed by atoms with E-state index in [-0.39, 0.29) is 0 Å². The second kappa shape index (κ2) is 15.7. The van der Waals surface area contributed by atoms with Crippen molar-refractivity contribution in [1.82, 2.24) is 5.32 Å². The Morgan fingerprint density at radius 1 is 1.56 bits per heavy atom. The lowest BCUT2D eigenvalue weighted by Crippen LogP contribution is -2.09. The normalized spacial score (nSPS) is 8.78. The summed E-state index contributed by atoms with van der Waals surface area (Å²) in [4.78, 5) is 7.90. The first-order valence-electron chi connectivity index (χ1n) is 3.25. The SMILES string of the molecule is C=C[SiH2]O.CCNCC. The van der Waals surface area contributed by atoms with Crippen LogP contribution < -0.4 is 5.32 Å². The molecule has 0 aromatic rings. The maximum Gasteiger partial charge on any atom is 0.180 e. The van der Waals surface area contributed by atoms with E-state index in [1.54, 1.807) is 5.70 Å². The predicted molar refractivity (Wildman–Crippen MR) is 45.2 cm³/mol. The Morgan fingerprint density at radius 2 is 1.89 bits per heavy atom. The fraction of sp³-hybridized carbons (Fsp3) is 0.667. The molecule has 0 saturated heterocycles. The molecule has 0 bridgehead atoms. The van der Waals surface area contributed by atoms with E-state index < -0.39 is 9.76 Å². The van der Waals surface area contributed by atoms with Gasteiger partial charge in [-0.05, 0) is 13.1 Å². The van der Waals surface area contributed by atoms with Gasteiger partial charge >= 0.3 is 0 Å². The fourth-order valence-corrected chi connectivity index (χ4v) is 0.250. The molecule has 56 valence electrons. The van der Waals surface area contributed by atoms with E-state index in [2.05, 4.69) is 25.7 Å². The van der Waals surface area contributed by atoms with Gasteiger partial charge in [0.05, 0.1) is 0 Å². The molecule has 2 N–H and O–H groups in total. The first-order chi connectivity index (χ1) is 4.33. The van der Waals surface area contributed by atoms with Crippen LogP contribution in [0.5, 0.6) is 0 Å². The molecule has 0 aliphatic heterocycles. The number of hydrogen-bond donors (Lipinski definition) is 2. The highest BCUT2D eigenvalue weighted by Crippen LogP contribution is 1.47. The van der Waals surface area contributed by atoms with Crippen molar-refractivity contribution in [3.8, 4) is 0 Å². The van der Waals surface area contributed by atoms with Crippen molar-refractivity contribution in [3.05, 3.63) is 12.3 Å². The van der Waals surface area contributed by atoms with Gasteiger partial charge in [0.1, 0.15) is 0 Å². The second-order valence-corrected chi connectivity index (χ2v) is 2.37. The molecule has 0 heterocycles.